The molecule has 5 nitrogen and oxygen atoms in total. The predicted octanol–water partition coefficient (Wildman–Crippen LogP) is 1.60. The number of nitrogens with zero attached hydrogens (tertiary/aromatic N) is 3. The van der Waals surface area contributed by atoms with Crippen molar-refractivity contribution in [1.29, 1.82) is 0 Å². The third-order valence-electron chi connectivity index (χ3n) is 2.19. The number of nitrogen functional groups attached to an aromatic ring is 1. The van der Waals surface area contributed by atoms with Gasteiger partial charge in [0.1, 0.15) is 11.4 Å². The van der Waals surface area contributed by atoms with Crippen LogP contribution < -0.4 is 5.73 Å². The lowest BCUT2D eigenvalue weighted by Gasteiger charge is -2.00. The van der Waals surface area contributed by atoms with Gasteiger partial charge in [-0.25, -0.2) is 9.67 Å². The Morgan fingerprint density at radius 3 is 3.00 bits per heavy atom. The molecule has 0 aliphatic carbocycles. The lowest BCUT2D eigenvalue weighted by atomic mass is 10.3. The van der Waals surface area contributed by atoms with E-state index in [-0.39, 0.29) is 0 Å². The molecule has 3 aromatic rings. The third kappa shape index (κ3) is 1.17. The molecule has 0 amide bonds. The van der Waals surface area contributed by atoms with E-state index in [1.807, 2.05) is 12.1 Å². The van der Waals surface area contributed by atoms with Crippen molar-refractivity contribution in [2.75, 3.05) is 5.73 Å². The Kier molecular flexibility index (Phi) is 1.53. The Hall–Kier alpha value is -2.30. The SMILES string of the molecule is Nc1ccn(-c2nccc3occc23)n1. The second-order valence-electron chi connectivity index (χ2n) is 3.15. The van der Waals surface area contributed by atoms with E-state index in [0.717, 1.165) is 16.8 Å². The molecule has 0 saturated heterocycles. The van der Waals surface area contributed by atoms with Gasteiger partial charge in [-0.15, -0.1) is 5.10 Å². The average Bonchev–Trinajstić information content (AvgIpc) is 2.84. The first-order chi connectivity index (χ1) is 7.34. The second-order valence-corrected chi connectivity index (χ2v) is 3.15. The van der Waals surface area contributed by atoms with E-state index in [1.165, 1.54) is 0 Å². The highest BCUT2D eigenvalue weighted by molar-refractivity contribution is 5.83. The van der Waals surface area contributed by atoms with Crippen LogP contribution in [0.15, 0.2) is 41.3 Å². The summed E-state index contributed by atoms with van der Waals surface area (Å²) in [5, 5.41) is 5.02. The Morgan fingerprint density at radius 2 is 2.20 bits per heavy atom. The molecule has 0 fully saturated rings. The lowest BCUT2D eigenvalue weighted by molar-refractivity contribution is 0.615. The molecule has 0 bridgehead atoms. The average molecular weight is 200 g/mol. The molecule has 15 heavy (non-hydrogen) atoms. The third-order valence-corrected chi connectivity index (χ3v) is 2.19. The number of aromatic nitrogens is 3. The van der Waals surface area contributed by atoms with Gasteiger partial charge in [0.05, 0.1) is 11.6 Å². The summed E-state index contributed by atoms with van der Waals surface area (Å²) in [5.41, 5.74) is 6.34. The zero-order valence-electron chi connectivity index (χ0n) is 7.79. The molecular weight excluding hydrogens is 192 g/mol. The van der Waals surface area contributed by atoms with Crippen LogP contribution in [0.1, 0.15) is 0 Å². The van der Waals surface area contributed by atoms with E-state index in [0.29, 0.717) is 5.82 Å². The number of fused-ring (bicyclic) bond motifs is 1. The maximum atomic E-state index is 5.55. The van der Waals surface area contributed by atoms with Crippen molar-refractivity contribution in [2.24, 2.45) is 0 Å². The molecule has 2 N–H and O–H groups in total. The molecule has 0 aliphatic rings. The van der Waals surface area contributed by atoms with Gasteiger partial charge < -0.3 is 10.2 Å². The first-order valence-corrected chi connectivity index (χ1v) is 4.48. The van der Waals surface area contributed by atoms with Gasteiger partial charge in [0.15, 0.2) is 5.82 Å². The number of hydrogen-bond donors (Lipinski definition) is 1. The summed E-state index contributed by atoms with van der Waals surface area (Å²) in [6.45, 7) is 0. The largest absolute Gasteiger partial charge is 0.464 e. The molecule has 3 heterocycles. The van der Waals surface area contributed by atoms with Crippen molar-refractivity contribution in [3.05, 3.63) is 36.9 Å². The first kappa shape index (κ1) is 8.05. The molecule has 0 unspecified atom stereocenters. The van der Waals surface area contributed by atoms with Crippen LogP contribution in [0.25, 0.3) is 16.8 Å². The standard InChI is InChI=1S/C10H8N4O/c11-9-2-5-14(13-9)10-7-3-6-15-8(7)1-4-12-10/h1-6H,(H2,11,13). The summed E-state index contributed by atoms with van der Waals surface area (Å²) in [4.78, 5) is 4.25. The predicted molar refractivity (Wildman–Crippen MR) is 55.5 cm³/mol. The first-order valence-electron chi connectivity index (χ1n) is 4.48. The fourth-order valence-electron chi connectivity index (χ4n) is 1.52. The van der Waals surface area contributed by atoms with Crippen LogP contribution in [0.2, 0.25) is 0 Å². The van der Waals surface area contributed by atoms with Crippen LogP contribution in [0.5, 0.6) is 0 Å². The highest BCUT2D eigenvalue weighted by atomic mass is 16.3. The number of rotatable bonds is 1. The van der Waals surface area contributed by atoms with Gasteiger partial charge in [-0.2, -0.15) is 0 Å². The maximum Gasteiger partial charge on any atom is 0.164 e. The normalized spacial score (nSPS) is 10.9. The van der Waals surface area contributed by atoms with Crippen molar-refractivity contribution in [1.82, 2.24) is 14.8 Å². The number of nitrogens with two attached hydrogens (primary N) is 1. The van der Waals surface area contributed by atoms with E-state index in [4.69, 9.17) is 10.2 Å². The summed E-state index contributed by atoms with van der Waals surface area (Å²) < 4.78 is 6.91. The molecule has 0 radical (unpaired) electrons. The van der Waals surface area contributed by atoms with Gasteiger partial charge in [0, 0.05) is 18.5 Å². The molecule has 0 aromatic carbocycles. The van der Waals surface area contributed by atoms with E-state index in [1.54, 1.807) is 29.4 Å². The summed E-state index contributed by atoms with van der Waals surface area (Å²) in [7, 11) is 0. The van der Waals surface area contributed by atoms with Gasteiger partial charge in [-0.1, -0.05) is 0 Å². The fraction of sp³-hybridized carbons (Fsp3) is 0. The fourth-order valence-corrected chi connectivity index (χ4v) is 1.52. The van der Waals surface area contributed by atoms with Crippen molar-refractivity contribution < 1.29 is 4.42 Å². The lowest BCUT2D eigenvalue weighted by Crippen LogP contribution is -1.99. The maximum absolute atomic E-state index is 5.55. The van der Waals surface area contributed by atoms with E-state index < -0.39 is 0 Å². The minimum Gasteiger partial charge on any atom is -0.464 e. The zero-order valence-corrected chi connectivity index (χ0v) is 7.79. The van der Waals surface area contributed by atoms with Crippen LogP contribution in [-0.2, 0) is 0 Å². The molecule has 3 aromatic heterocycles. The van der Waals surface area contributed by atoms with Crippen molar-refractivity contribution >= 4 is 16.8 Å². The van der Waals surface area contributed by atoms with Gasteiger partial charge in [-0.3, -0.25) is 0 Å². The van der Waals surface area contributed by atoms with Crippen LogP contribution >= 0.6 is 0 Å². The van der Waals surface area contributed by atoms with Crippen molar-refractivity contribution in [3.63, 3.8) is 0 Å². The van der Waals surface area contributed by atoms with E-state index in [9.17, 15) is 0 Å². The molecule has 3 rings (SSSR count). The van der Waals surface area contributed by atoms with Crippen LogP contribution in [0, 0.1) is 0 Å². The topological polar surface area (TPSA) is 69.9 Å². The van der Waals surface area contributed by atoms with Gasteiger partial charge in [0.25, 0.3) is 0 Å². The van der Waals surface area contributed by atoms with Crippen LogP contribution in [0.4, 0.5) is 5.82 Å². The minimum atomic E-state index is 0.470. The molecule has 0 saturated carbocycles. The monoisotopic (exact) mass is 200 g/mol. The Morgan fingerprint density at radius 1 is 1.27 bits per heavy atom. The van der Waals surface area contributed by atoms with Crippen LogP contribution in [-0.4, -0.2) is 14.8 Å². The number of anilines is 1. The van der Waals surface area contributed by atoms with Crippen LogP contribution in [0.3, 0.4) is 0 Å². The molecule has 5 heteroatoms. The number of pyridine rings is 1. The molecule has 74 valence electrons. The Bertz CT molecular complexity index is 610. The molecule has 0 spiro atoms. The summed E-state index contributed by atoms with van der Waals surface area (Å²) >= 11 is 0. The second kappa shape index (κ2) is 2.84. The molecule has 0 atom stereocenters. The highest BCUT2D eigenvalue weighted by Crippen LogP contribution is 2.20. The number of hydrogen-bond acceptors (Lipinski definition) is 4. The Labute approximate surface area is 85.1 Å². The van der Waals surface area contributed by atoms with Gasteiger partial charge in [0.2, 0.25) is 0 Å². The van der Waals surface area contributed by atoms with Crippen molar-refractivity contribution in [3.8, 4) is 5.82 Å². The van der Waals surface area contributed by atoms with E-state index in [2.05, 4.69) is 10.1 Å². The smallest absolute Gasteiger partial charge is 0.164 e. The van der Waals surface area contributed by atoms with E-state index >= 15 is 0 Å². The summed E-state index contributed by atoms with van der Waals surface area (Å²) in [5.74, 6) is 1.19. The summed E-state index contributed by atoms with van der Waals surface area (Å²) in [6, 6.07) is 5.39. The zero-order chi connectivity index (χ0) is 10.3. The van der Waals surface area contributed by atoms with Gasteiger partial charge in [-0.05, 0) is 12.1 Å². The highest BCUT2D eigenvalue weighted by Gasteiger charge is 2.07. The molecular formula is C10H8N4O. The quantitative estimate of drug-likeness (QED) is 0.647. The van der Waals surface area contributed by atoms with Crippen molar-refractivity contribution in [2.45, 2.75) is 0 Å². The summed E-state index contributed by atoms with van der Waals surface area (Å²) in [6.07, 6.45) is 5.08. The molecule has 0 aliphatic heterocycles. The number of furan rings is 1. The Balaban J connectivity index is 2.30. The van der Waals surface area contributed by atoms with Gasteiger partial charge >= 0.3 is 0 Å². The minimum absolute atomic E-state index is 0.470.